The molecule has 0 radical (unpaired) electrons. The van der Waals surface area contributed by atoms with Crippen LogP contribution < -0.4 is 10.7 Å². The normalized spacial score (nSPS) is 11.3. The van der Waals surface area contributed by atoms with E-state index in [4.69, 9.17) is 11.6 Å². The van der Waals surface area contributed by atoms with E-state index in [1.807, 2.05) is 11.4 Å². The number of carbonyl (C=O) groups is 2. The summed E-state index contributed by atoms with van der Waals surface area (Å²) in [7, 11) is 0. The van der Waals surface area contributed by atoms with E-state index in [1.54, 1.807) is 30.3 Å². The van der Waals surface area contributed by atoms with E-state index in [0.29, 0.717) is 5.56 Å². The number of benzene rings is 2. The van der Waals surface area contributed by atoms with Gasteiger partial charge in [-0.1, -0.05) is 29.8 Å². The molecular formula is C21H15ClN4O4S. The molecular weight excluding hydrogens is 440 g/mol. The van der Waals surface area contributed by atoms with Crippen LogP contribution in [0.4, 0.5) is 5.69 Å². The first-order valence-electron chi connectivity index (χ1n) is 8.83. The van der Waals surface area contributed by atoms with Gasteiger partial charge in [-0.15, -0.1) is 11.3 Å². The Bertz CT molecular complexity index is 1160. The van der Waals surface area contributed by atoms with Gasteiger partial charge in [0.1, 0.15) is 5.70 Å². The minimum atomic E-state index is -0.646. The number of hydrogen-bond acceptors (Lipinski definition) is 6. The van der Waals surface area contributed by atoms with E-state index in [0.717, 1.165) is 4.88 Å². The number of rotatable bonds is 7. The quantitative estimate of drug-likeness (QED) is 0.240. The number of nitro benzene ring substituents is 1. The molecule has 8 nitrogen and oxygen atoms in total. The number of nitrogens with one attached hydrogen (secondary N) is 2. The molecule has 2 aromatic carbocycles. The van der Waals surface area contributed by atoms with Gasteiger partial charge in [-0.25, -0.2) is 5.43 Å². The monoisotopic (exact) mass is 454 g/mol. The van der Waals surface area contributed by atoms with E-state index < -0.39 is 16.7 Å². The molecule has 0 aliphatic rings. The lowest BCUT2D eigenvalue weighted by Crippen LogP contribution is -2.32. The molecule has 0 unspecified atom stereocenters. The Labute approximate surface area is 186 Å². The Balaban J connectivity index is 1.74. The van der Waals surface area contributed by atoms with Gasteiger partial charge in [-0.3, -0.25) is 19.7 Å². The summed E-state index contributed by atoms with van der Waals surface area (Å²) in [6, 6.07) is 15.7. The van der Waals surface area contributed by atoms with Crippen molar-refractivity contribution in [2.75, 3.05) is 0 Å². The van der Waals surface area contributed by atoms with Crippen molar-refractivity contribution in [3.8, 4) is 0 Å². The predicted octanol–water partition coefficient (Wildman–Crippen LogP) is 4.23. The van der Waals surface area contributed by atoms with Gasteiger partial charge < -0.3 is 5.32 Å². The van der Waals surface area contributed by atoms with Gasteiger partial charge in [-0.2, -0.15) is 5.10 Å². The number of hydrogen-bond donors (Lipinski definition) is 2. The minimum Gasteiger partial charge on any atom is -0.317 e. The van der Waals surface area contributed by atoms with Crippen molar-refractivity contribution < 1.29 is 14.5 Å². The second kappa shape index (κ2) is 10.3. The van der Waals surface area contributed by atoms with Crippen LogP contribution in [0.25, 0.3) is 6.08 Å². The van der Waals surface area contributed by atoms with Crippen LogP contribution in [-0.4, -0.2) is 23.0 Å². The first-order chi connectivity index (χ1) is 14.9. The van der Waals surface area contributed by atoms with Crippen molar-refractivity contribution in [1.29, 1.82) is 0 Å². The van der Waals surface area contributed by atoms with Crippen LogP contribution in [0.3, 0.4) is 0 Å². The summed E-state index contributed by atoms with van der Waals surface area (Å²) in [5.41, 5.74) is 3.04. The summed E-state index contributed by atoms with van der Waals surface area (Å²) in [6.45, 7) is 0. The molecule has 2 amide bonds. The highest BCUT2D eigenvalue weighted by molar-refractivity contribution is 7.10. The third kappa shape index (κ3) is 6.08. The highest BCUT2D eigenvalue weighted by Gasteiger charge is 2.16. The number of hydrazone groups is 1. The fourth-order valence-corrected chi connectivity index (χ4v) is 3.30. The smallest absolute Gasteiger partial charge is 0.287 e. The van der Waals surface area contributed by atoms with Crippen molar-refractivity contribution >= 4 is 52.7 Å². The van der Waals surface area contributed by atoms with Gasteiger partial charge in [0.25, 0.3) is 17.5 Å². The van der Waals surface area contributed by atoms with Crippen LogP contribution in [0.15, 0.2) is 76.8 Å². The largest absolute Gasteiger partial charge is 0.317 e. The van der Waals surface area contributed by atoms with Gasteiger partial charge in [-0.05, 0) is 47.4 Å². The minimum absolute atomic E-state index is 0.0202. The first-order valence-corrected chi connectivity index (χ1v) is 10.1. The Morgan fingerprint density at radius 2 is 1.81 bits per heavy atom. The molecule has 0 atom stereocenters. The highest BCUT2D eigenvalue weighted by atomic mass is 35.5. The van der Waals surface area contributed by atoms with Crippen molar-refractivity contribution in [1.82, 2.24) is 10.7 Å². The Hall–Kier alpha value is -3.82. The molecule has 10 heteroatoms. The van der Waals surface area contributed by atoms with Crippen molar-refractivity contribution in [2.24, 2.45) is 5.10 Å². The summed E-state index contributed by atoms with van der Waals surface area (Å²) in [5.74, 6) is -1.19. The molecule has 0 aliphatic carbocycles. The van der Waals surface area contributed by atoms with E-state index in [9.17, 15) is 19.7 Å². The zero-order valence-electron chi connectivity index (χ0n) is 15.8. The lowest BCUT2D eigenvalue weighted by Gasteiger charge is -2.09. The molecule has 0 saturated heterocycles. The summed E-state index contributed by atoms with van der Waals surface area (Å²) in [5, 5.41) is 19.2. The van der Waals surface area contributed by atoms with Crippen LogP contribution in [0.1, 0.15) is 20.8 Å². The molecule has 156 valence electrons. The lowest BCUT2D eigenvalue weighted by atomic mass is 10.2. The highest BCUT2D eigenvalue weighted by Crippen LogP contribution is 2.17. The average molecular weight is 455 g/mol. The Morgan fingerprint density at radius 1 is 1.06 bits per heavy atom. The standard InChI is InChI=1S/C21H15ClN4O4S/c22-18-6-2-1-5-17(18)20(27)24-19(12-16-4-3-11-31-16)21(28)25-23-13-14-7-9-15(10-8-14)26(29)30/h1-13H,(H,24,27)(H,25,28)/b19-12+,23-13+. The predicted molar refractivity (Wildman–Crippen MR) is 120 cm³/mol. The first kappa shape index (κ1) is 21.9. The molecule has 0 bridgehead atoms. The van der Waals surface area contributed by atoms with Gasteiger partial charge in [0, 0.05) is 17.0 Å². The maximum absolute atomic E-state index is 12.6. The van der Waals surface area contributed by atoms with E-state index in [-0.39, 0.29) is 22.0 Å². The van der Waals surface area contributed by atoms with Gasteiger partial charge in [0.15, 0.2) is 0 Å². The van der Waals surface area contributed by atoms with Gasteiger partial charge >= 0.3 is 0 Å². The van der Waals surface area contributed by atoms with Crippen LogP contribution in [-0.2, 0) is 4.79 Å². The number of carbonyl (C=O) groups excluding carboxylic acids is 2. The molecule has 3 aromatic rings. The number of halogens is 1. The van der Waals surface area contributed by atoms with Crippen molar-refractivity contribution in [2.45, 2.75) is 0 Å². The van der Waals surface area contributed by atoms with E-state index >= 15 is 0 Å². The maximum Gasteiger partial charge on any atom is 0.287 e. The fourth-order valence-electron chi connectivity index (χ4n) is 2.42. The maximum atomic E-state index is 12.6. The van der Waals surface area contributed by atoms with Crippen LogP contribution >= 0.6 is 22.9 Å². The molecule has 0 aliphatic heterocycles. The van der Waals surface area contributed by atoms with E-state index in [2.05, 4.69) is 15.8 Å². The Kier molecular flexibility index (Phi) is 7.26. The molecule has 1 aromatic heterocycles. The van der Waals surface area contributed by atoms with Crippen LogP contribution in [0, 0.1) is 10.1 Å². The SMILES string of the molecule is O=C(N/N=C/c1ccc([N+](=O)[O-])cc1)/C(=C\c1cccs1)NC(=O)c1ccccc1Cl. The average Bonchev–Trinajstić information content (AvgIpc) is 3.27. The summed E-state index contributed by atoms with van der Waals surface area (Å²) < 4.78 is 0. The summed E-state index contributed by atoms with van der Waals surface area (Å²) in [6.07, 6.45) is 2.86. The third-order valence-corrected chi connectivity index (χ3v) is 5.07. The molecule has 3 rings (SSSR count). The molecule has 0 fully saturated rings. The number of non-ortho nitro benzene ring substituents is 1. The number of nitrogens with zero attached hydrogens (tertiary/aromatic N) is 2. The second-order valence-corrected chi connectivity index (χ2v) is 7.44. The zero-order valence-corrected chi connectivity index (χ0v) is 17.4. The second-order valence-electron chi connectivity index (χ2n) is 6.06. The topological polar surface area (TPSA) is 114 Å². The van der Waals surface area contributed by atoms with Crippen LogP contribution in [0.2, 0.25) is 5.02 Å². The van der Waals surface area contributed by atoms with E-state index in [1.165, 1.54) is 47.9 Å². The van der Waals surface area contributed by atoms with Gasteiger partial charge in [0.05, 0.1) is 21.7 Å². The summed E-state index contributed by atoms with van der Waals surface area (Å²) in [4.78, 5) is 36.2. The summed E-state index contributed by atoms with van der Waals surface area (Å²) >= 11 is 7.45. The molecule has 1 heterocycles. The third-order valence-electron chi connectivity index (χ3n) is 3.92. The lowest BCUT2D eigenvalue weighted by molar-refractivity contribution is -0.384. The fraction of sp³-hybridized carbons (Fsp3) is 0. The Morgan fingerprint density at radius 3 is 2.45 bits per heavy atom. The molecule has 0 saturated carbocycles. The molecule has 2 N–H and O–H groups in total. The molecule has 31 heavy (non-hydrogen) atoms. The van der Waals surface area contributed by atoms with Crippen LogP contribution in [0.5, 0.6) is 0 Å². The van der Waals surface area contributed by atoms with Gasteiger partial charge in [0.2, 0.25) is 0 Å². The van der Waals surface area contributed by atoms with Crippen molar-refractivity contribution in [3.05, 3.63) is 103 Å². The number of amides is 2. The molecule has 0 spiro atoms. The van der Waals surface area contributed by atoms with Crippen molar-refractivity contribution in [3.63, 3.8) is 0 Å². The zero-order chi connectivity index (χ0) is 22.2. The number of thiophene rings is 1. The number of nitro groups is 1.